The highest BCUT2D eigenvalue weighted by atomic mass is 31.3. The number of aliphatic hydroxyl groups is 3. The Bertz CT molecular complexity index is 2040. The number of carbonyl (C=O) groups excluding carboxylic acids is 2. The number of rotatable bonds is 39. The number of unbranched alkanes of at least 4 members (excludes halogenated alkanes) is 8. The van der Waals surface area contributed by atoms with E-state index in [2.05, 4.69) is 71.8 Å². The van der Waals surface area contributed by atoms with Gasteiger partial charge < -0.3 is 45.1 Å². The van der Waals surface area contributed by atoms with E-state index in [1.807, 2.05) is 30.4 Å². The Morgan fingerprint density at radius 2 is 1.37 bits per heavy atom. The van der Waals surface area contributed by atoms with Gasteiger partial charge in [-0.25, -0.2) is 13.9 Å². The van der Waals surface area contributed by atoms with Gasteiger partial charge in [0.2, 0.25) is 0 Å². The second kappa shape index (κ2) is 37.6. The highest BCUT2D eigenvalue weighted by Crippen LogP contribution is 2.60. The highest BCUT2D eigenvalue weighted by molar-refractivity contribution is 7.61. The normalized spacial score (nSPS) is 20.3. The second-order valence-corrected chi connectivity index (χ2v) is 19.8. The number of hydrogen-bond donors (Lipinski definition) is 6. The lowest BCUT2D eigenvalue weighted by Gasteiger charge is -2.21. The van der Waals surface area contributed by atoms with Crippen LogP contribution in [0.5, 0.6) is 0 Å². The molecular weight excluding hydrogens is 961 g/mol. The zero-order valence-electron chi connectivity index (χ0n) is 41.4. The Labute approximate surface area is 419 Å². The molecule has 2 heterocycles. The molecule has 0 aromatic carbocycles. The van der Waals surface area contributed by atoms with Gasteiger partial charge in [-0.15, -0.1) is 0 Å². The van der Waals surface area contributed by atoms with E-state index in [9.17, 15) is 48.6 Å². The molecule has 1 aromatic heterocycles. The first-order chi connectivity index (χ1) is 34.1. The zero-order chi connectivity index (χ0) is 52.2. The van der Waals surface area contributed by atoms with Crippen molar-refractivity contribution in [3.05, 3.63) is 108 Å². The minimum atomic E-state index is -5.46. The predicted octanol–water partition coefficient (Wildman–Crippen LogP) is 8.86. The summed E-state index contributed by atoms with van der Waals surface area (Å²) in [4.78, 5) is 61.8. The standard InChI is InChI=1S/C50H79N3O16P2/c1-3-5-7-9-11-12-13-14-15-16-17-18-19-20-22-26-30-34-45(55)64-38-42(67-46(56)35-31-27-23-25-29-33-41(54)32-28-24-21-10-8-6-4-2)39-65-70(60,61)69-71(62,63)66-40-43-47(57)48(58)49(68-43)53-37-36-44(51)52-50(53)59/h6,8,11-12,14-15,17-18,20-22,24,28,32,36-37,41-43,47-49,54,57-58H,3-5,7,9-10,13,16,19,23,25-27,29-31,33-35,38-40H2,1-2H3,(H,60,61)(H,62,63)(H2,51,52,59)/b8-6+,12-11-,15-14-,18-17-,22-20-,24-21+,32-28+/t41?,42-,43-,47-,48-,49-/m1/s1. The summed E-state index contributed by atoms with van der Waals surface area (Å²) in [6.07, 6.45) is 35.5. The molecule has 0 bridgehead atoms. The van der Waals surface area contributed by atoms with Crippen LogP contribution in [-0.2, 0) is 46.3 Å². The Kier molecular flexibility index (Phi) is 33.4. The lowest BCUT2D eigenvalue weighted by molar-refractivity contribution is -0.161. The molecule has 400 valence electrons. The maximum absolute atomic E-state index is 12.9. The smallest absolute Gasteiger partial charge is 0.462 e. The average Bonchev–Trinajstić information content (AvgIpc) is 3.60. The molecular formula is C50H79N3O16P2. The topological polar surface area (TPSA) is 286 Å². The van der Waals surface area contributed by atoms with E-state index in [-0.39, 0.29) is 18.7 Å². The van der Waals surface area contributed by atoms with Crippen LogP contribution in [0.25, 0.3) is 0 Å². The van der Waals surface area contributed by atoms with Crippen LogP contribution in [0.4, 0.5) is 5.82 Å². The number of nitrogen functional groups attached to an aromatic ring is 1. The fourth-order valence-corrected chi connectivity index (χ4v) is 8.83. The largest absolute Gasteiger partial charge is 0.481 e. The van der Waals surface area contributed by atoms with Gasteiger partial charge >= 0.3 is 33.3 Å². The fraction of sp³-hybridized carbons (Fsp3) is 0.600. The number of phosphoric ester groups is 2. The third-order valence-corrected chi connectivity index (χ3v) is 13.2. The first kappa shape index (κ1) is 63.0. The van der Waals surface area contributed by atoms with Gasteiger partial charge in [0.25, 0.3) is 0 Å². The van der Waals surface area contributed by atoms with Gasteiger partial charge in [0.1, 0.15) is 30.7 Å². The van der Waals surface area contributed by atoms with Crippen LogP contribution in [0.15, 0.2) is 102 Å². The highest BCUT2D eigenvalue weighted by Gasteiger charge is 2.46. The summed E-state index contributed by atoms with van der Waals surface area (Å²) in [5.74, 6) is -1.46. The maximum Gasteiger partial charge on any atom is 0.481 e. The maximum atomic E-state index is 12.9. The molecule has 21 heteroatoms. The van der Waals surface area contributed by atoms with Crippen LogP contribution >= 0.6 is 15.6 Å². The number of nitrogens with zero attached hydrogens (tertiary/aromatic N) is 2. The summed E-state index contributed by atoms with van der Waals surface area (Å²) in [5, 5.41) is 31.1. The van der Waals surface area contributed by atoms with Crippen LogP contribution in [0.3, 0.4) is 0 Å². The van der Waals surface area contributed by atoms with Gasteiger partial charge in [-0.1, -0.05) is 137 Å². The number of hydrogen-bond acceptors (Lipinski definition) is 16. The van der Waals surface area contributed by atoms with E-state index < -0.39 is 89.8 Å². The van der Waals surface area contributed by atoms with E-state index in [4.69, 9.17) is 29.0 Å². The van der Waals surface area contributed by atoms with Crippen LogP contribution in [-0.4, -0.2) is 96.9 Å². The minimum Gasteiger partial charge on any atom is -0.462 e. The lowest BCUT2D eigenvalue weighted by Crippen LogP contribution is -2.36. The molecule has 71 heavy (non-hydrogen) atoms. The monoisotopic (exact) mass is 1040 g/mol. The lowest BCUT2D eigenvalue weighted by atomic mass is 10.1. The summed E-state index contributed by atoms with van der Waals surface area (Å²) >= 11 is 0. The molecule has 7 N–H and O–H groups in total. The zero-order valence-corrected chi connectivity index (χ0v) is 43.1. The number of carbonyl (C=O) groups is 2. The van der Waals surface area contributed by atoms with Gasteiger partial charge in [0, 0.05) is 19.0 Å². The molecule has 0 spiro atoms. The van der Waals surface area contributed by atoms with Crippen LogP contribution in [0.2, 0.25) is 0 Å². The molecule has 1 fully saturated rings. The van der Waals surface area contributed by atoms with Crippen molar-refractivity contribution >= 4 is 33.4 Å². The van der Waals surface area contributed by atoms with Gasteiger partial charge in [0.15, 0.2) is 12.3 Å². The SMILES string of the molecule is CC/C=C/C/C=C/C=C/C(O)CCCCCCCC(=O)O[C@H](COC(=O)CCC/C=C\C/C=C\C/C=C\C/C=C\CCCCC)COP(=O)(O)OP(=O)(O)OC[C@H]1O[C@@H](n2ccc(N)nc2=O)[C@H](O)[C@@H]1O. The van der Waals surface area contributed by atoms with Crippen molar-refractivity contribution in [1.82, 2.24) is 9.55 Å². The average molecular weight is 1040 g/mol. The number of phosphoric acid groups is 2. The quantitative estimate of drug-likeness (QED) is 0.0118. The van der Waals surface area contributed by atoms with Gasteiger partial charge in [-0.05, 0) is 76.7 Å². The number of anilines is 1. The minimum absolute atomic E-state index is 0.0261. The summed E-state index contributed by atoms with van der Waals surface area (Å²) in [5.41, 5.74) is 4.57. The van der Waals surface area contributed by atoms with Crippen molar-refractivity contribution in [2.75, 3.05) is 25.6 Å². The summed E-state index contributed by atoms with van der Waals surface area (Å²) < 4.78 is 56.6. The molecule has 1 aromatic rings. The summed E-state index contributed by atoms with van der Waals surface area (Å²) in [7, 11) is -10.9. The van der Waals surface area contributed by atoms with Crippen molar-refractivity contribution in [1.29, 1.82) is 0 Å². The van der Waals surface area contributed by atoms with Crippen molar-refractivity contribution < 1.29 is 71.4 Å². The summed E-state index contributed by atoms with van der Waals surface area (Å²) in [6.45, 7) is 1.83. The summed E-state index contributed by atoms with van der Waals surface area (Å²) in [6, 6.07) is 1.24. The van der Waals surface area contributed by atoms with Gasteiger partial charge in [-0.3, -0.25) is 23.2 Å². The number of allylic oxidation sites excluding steroid dienone is 13. The molecule has 0 radical (unpaired) electrons. The number of esters is 2. The molecule has 1 aliphatic rings. The third kappa shape index (κ3) is 30.5. The molecule has 8 atom stereocenters. The van der Waals surface area contributed by atoms with Crippen LogP contribution in [0.1, 0.15) is 142 Å². The van der Waals surface area contributed by atoms with Crippen LogP contribution in [0, 0.1) is 0 Å². The molecule has 19 nitrogen and oxygen atoms in total. The molecule has 1 saturated heterocycles. The van der Waals surface area contributed by atoms with E-state index in [1.165, 1.54) is 25.3 Å². The van der Waals surface area contributed by atoms with E-state index in [0.29, 0.717) is 32.1 Å². The first-order valence-electron chi connectivity index (χ1n) is 24.7. The first-order valence-corrected chi connectivity index (χ1v) is 27.7. The number of aliphatic hydroxyl groups excluding tert-OH is 3. The Balaban J connectivity index is 1.86. The molecule has 0 aliphatic carbocycles. The predicted molar refractivity (Wildman–Crippen MR) is 271 cm³/mol. The number of aromatic nitrogens is 2. The fourth-order valence-electron chi connectivity index (χ4n) is 6.72. The van der Waals surface area contributed by atoms with E-state index in [0.717, 1.165) is 68.6 Å². The van der Waals surface area contributed by atoms with Gasteiger partial charge in [0.05, 0.1) is 19.3 Å². The molecule has 2 rings (SSSR count). The number of ether oxygens (including phenoxy) is 3. The molecule has 0 amide bonds. The van der Waals surface area contributed by atoms with Crippen molar-refractivity contribution in [3.63, 3.8) is 0 Å². The second-order valence-electron chi connectivity index (χ2n) is 16.8. The molecule has 0 saturated carbocycles. The Morgan fingerprint density at radius 3 is 2.04 bits per heavy atom. The Hall–Kier alpha value is -4.10. The molecule has 3 unspecified atom stereocenters. The van der Waals surface area contributed by atoms with Crippen LogP contribution < -0.4 is 11.4 Å². The van der Waals surface area contributed by atoms with Crippen molar-refractivity contribution in [2.24, 2.45) is 0 Å². The van der Waals surface area contributed by atoms with E-state index in [1.54, 1.807) is 6.08 Å². The molecule has 1 aliphatic heterocycles. The third-order valence-electron chi connectivity index (χ3n) is 10.6. The van der Waals surface area contributed by atoms with Gasteiger partial charge in [-0.2, -0.15) is 9.29 Å². The Morgan fingerprint density at radius 1 is 0.761 bits per heavy atom. The van der Waals surface area contributed by atoms with Crippen molar-refractivity contribution in [2.45, 2.75) is 173 Å². The van der Waals surface area contributed by atoms with Crippen molar-refractivity contribution in [3.8, 4) is 0 Å². The number of nitrogens with two attached hydrogens (primary N) is 1. The van der Waals surface area contributed by atoms with E-state index >= 15 is 0 Å².